The number of aryl methyl sites for hydroxylation is 1. The summed E-state index contributed by atoms with van der Waals surface area (Å²) >= 11 is 0. The number of cyclic esters (lactones) is 1. The summed E-state index contributed by atoms with van der Waals surface area (Å²) in [4.78, 5) is 11.4. The van der Waals surface area contributed by atoms with E-state index in [1.807, 2.05) is 18.4 Å². The Hall–Kier alpha value is -2.49. The lowest BCUT2D eigenvalue weighted by molar-refractivity contribution is -0.133. The minimum atomic E-state index is -0.456. The Balaban J connectivity index is 1.64. The van der Waals surface area contributed by atoms with Crippen LogP contribution in [0, 0.1) is 5.92 Å². The second kappa shape index (κ2) is 11.5. The van der Waals surface area contributed by atoms with Gasteiger partial charge >= 0.3 is 5.97 Å². The van der Waals surface area contributed by atoms with Crippen molar-refractivity contribution in [2.75, 3.05) is 0 Å². The number of ether oxygens (including phenoxy) is 1. The number of hydrogen-bond acceptors (Lipinski definition) is 4. The van der Waals surface area contributed by atoms with Crippen molar-refractivity contribution in [3.63, 3.8) is 0 Å². The van der Waals surface area contributed by atoms with Crippen LogP contribution in [0.5, 0.6) is 0 Å². The van der Waals surface area contributed by atoms with E-state index in [1.165, 1.54) is 23.1 Å². The first-order valence-electron chi connectivity index (χ1n) is 10.5. The van der Waals surface area contributed by atoms with Crippen LogP contribution in [0.4, 0.5) is 0 Å². The third kappa shape index (κ3) is 7.80. The van der Waals surface area contributed by atoms with Gasteiger partial charge in [-0.1, -0.05) is 30.2 Å². The number of hydrogen-bond donors (Lipinski definition) is 1. The van der Waals surface area contributed by atoms with E-state index in [0.717, 1.165) is 38.5 Å². The molecule has 1 aliphatic rings. The zero-order valence-electron chi connectivity index (χ0n) is 18.2. The molecule has 0 saturated heterocycles. The monoisotopic (exact) mass is 398 g/mol. The fourth-order valence-electron chi connectivity index (χ4n) is 3.32. The minimum Gasteiger partial charge on any atom is -0.504 e. The largest absolute Gasteiger partial charge is 0.504 e. The maximum absolute atomic E-state index is 11.4. The molecule has 158 valence electrons. The lowest BCUT2D eigenvalue weighted by Crippen LogP contribution is -1.97. The highest BCUT2D eigenvalue weighted by molar-refractivity contribution is 5.93. The zero-order valence-corrected chi connectivity index (χ0v) is 18.2. The Kier molecular flexibility index (Phi) is 9.04. The van der Waals surface area contributed by atoms with Crippen molar-refractivity contribution in [3.05, 3.63) is 70.6 Å². The number of carbonyl (C=O) groups excluding carboxylic acids is 1. The highest BCUT2D eigenvalue weighted by Gasteiger charge is 2.26. The van der Waals surface area contributed by atoms with E-state index in [2.05, 4.69) is 32.9 Å². The van der Waals surface area contributed by atoms with Crippen molar-refractivity contribution >= 4 is 5.97 Å². The predicted molar refractivity (Wildman–Crippen MR) is 116 cm³/mol. The Morgan fingerprint density at radius 2 is 1.86 bits per heavy atom. The van der Waals surface area contributed by atoms with Gasteiger partial charge in [0.25, 0.3) is 0 Å². The highest BCUT2D eigenvalue weighted by Crippen LogP contribution is 2.26. The molecule has 1 N–H and O–H groups in total. The topological polar surface area (TPSA) is 59.7 Å². The smallest absolute Gasteiger partial charge is 0.343 e. The lowest BCUT2D eigenvalue weighted by Gasteiger charge is -2.07. The second-order valence-corrected chi connectivity index (χ2v) is 8.07. The van der Waals surface area contributed by atoms with Gasteiger partial charge in [0.15, 0.2) is 11.5 Å². The minimum absolute atomic E-state index is 0.0261. The molecule has 0 spiro atoms. The van der Waals surface area contributed by atoms with E-state index in [-0.39, 0.29) is 17.3 Å². The molecule has 0 amide bonds. The van der Waals surface area contributed by atoms with Gasteiger partial charge in [-0.25, -0.2) is 4.79 Å². The van der Waals surface area contributed by atoms with Gasteiger partial charge in [0.1, 0.15) is 0 Å². The molecule has 2 rings (SSSR count). The first kappa shape index (κ1) is 22.8. The van der Waals surface area contributed by atoms with Gasteiger partial charge in [-0.2, -0.15) is 0 Å². The molecule has 1 aromatic heterocycles. The number of aliphatic hydroxyl groups excluding tert-OH is 1. The summed E-state index contributed by atoms with van der Waals surface area (Å²) in [5, 5.41) is 9.88. The van der Waals surface area contributed by atoms with Gasteiger partial charge in [-0.15, -0.1) is 0 Å². The summed E-state index contributed by atoms with van der Waals surface area (Å²) < 4.78 is 10.2. The van der Waals surface area contributed by atoms with Gasteiger partial charge in [-0.3, -0.25) is 0 Å². The van der Waals surface area contributed by atoms with Crippen LogP contribution in [-0.2, 0) is 16.0 Å². The lowest BCUT2D eigenvalue weighted by atomic mass is 10.0. The number of aliphatic hydroxyl groups is 1. The normalized spacial score (nSPS) is 17.9. The predicted octanol–water partition coefficient (Wildman–Crippen LogP) is 6.96. The summed E-state index contributed by atoms with van der Waals surface area (Å²) in [6.07, 6.45) is 17.5. The maximum Gasteiger partial charge on any atom is 0.343 e. The van der Waals surface area contributed by atoms with Crippen LogP contribution in [0.1, 0.15) is 71.8 Å². The number of carbonyl (C=O) groups is 1. The van der Waals surface area contributed by atoms with Crippen LogP contribution in [-0.4, -0.2) is 11.1 Å². The summed E-state index contributed by atoms with van der Waals surface area (Å²) in [5.41, 5.74) is 4.41. The third-order valence-corrected chi connectivity index (χ3v) is 5.30. The van der Waals surface area contributed by atoms with Crippen LogP contribution in [0.3, 0.4) is 0 Å². The quantitative estimate of drug-likeness (QED) is 0.323. The Morgan fingerprint density at radius 1 is 1.17 bits per heavy atom. The standard InChI is InChI=1S/C25H34O4/c1-18(8-5-9-19(2)11-7-13-22-14-15-28-17-22)10-6-12-20(3)16-23-24(26)21(4)25(27)29-23/h10-11,14-17,20,26H,5-9,12-13H2,1-4H3/b18-10-,19-11+,23-16-. The fraction of sp³-hybridized carbons (Fsp3) is 0.480. The van der Waals surface area contributed by atoms with Crippen LogP contribution >= 0.6 is 0 Å². The Morgan fingerprint density at radius 3 is 2.45 bits per heavy atom. The number of esters is 1. The number of rotatable bonds is 11. The average Bonchev–Trinajstić information content (AvgIpc) is 3.27. The molecule has 0 aromatic carbocycles. The highest BCUT2D eigenvalue weighted by atomic mass is 16.6. The van der Waals surface area contributed by atoms with Crippen molar-refractivity contribution in [1.29, 1.82) is 0 Å². The van der Waals surface area contributed by atoms with Crippen LogP contribution in [0.2, 0.25) is 0 Å². The molecule has 0 radical (unpaired) electrons. The molecule has 0 saturated carbocycles. The van der Waals surface area contributed by atoms with Crippen molar-refractivity contribution in [3.8, 4) is 0 Å². The summed E-state index contributed by atoms with van der Waals surface area (Å²) in [7, 11) is 0. The first-order chi connectivity index (χ1) is 13.9. The van der Waals surface area contributed by atoms with Gasteiger partial charge in [0.2, 0.25) is 0 Å². The molecule has 0 aliphatic carbocycles. The Bertz CT molecular complexity index is 791. The van der Waals surface area contributed by atoms with E-state index < -0.39 is 5.97 Å². The van der Waals surface area contributed by atoms with Gasteiger partial charge in [0, 0.05) is 0 Å². The van der Waals surface area contributed by atoms with Gasteiger partial charge in [-0.05, 0) is 89.3 Å². The summed E-state index contributed by atoms with van der Waals surface area (Å²) in [6, 6.07) is 2.02. The van der Waals surface area contributed by atoms with Crippen molar-refractivity contribution in [2.45, 2.75) is 72.6 Å². The van der Waals surface area contributed by atoms with E-state index in [9.17, 15) is 9.90 Å². The molecular weight excluding hydrogens is 364 g/mol. The van der Waals surface area contributed by atoms with Crippen molar-refractivity contribution in [1.82, 2.24) is 0 Å². The fourth-order valence-corrected chi connectivity index (χ4v) is 3.32. The molecular formula is C25H34O4. The summed E-state index contributed by atoms with van der Waals surface area (Å²) in [6.45, 7) is 8.05. The molecule has 0 bridgehead atoms. The number of allylic oxidation sites excluding steroid dienone is 5. The third-order valence-electron chi connectivity index (χ3n) is 5.30. The molecule has 29 heavy (non-hydrogen) atoms. The molecule has 2 heterocycles. The first-order valence-corrected chi connectivity index (χ1v) is 10.5. The summed E-state index contributed by atoms with van der Waals surface area (Å²) in [5.74, 6) is 0.0512. The van der Waals surface area contributed by atoms with Crippen molar-refractivity contribution in [2.24, 2.45) is 5.92 Å². The van der Waals surface area contributed by atoms with E-state index in [1.54, 1.807) is 13.2 Å². The van der Waals surface area contributed by atoms with Crippen LogP contribution in [0.25, 0.3) is 0 Å². The van der Waals surface area contributed by atoms with E-state index in [4.69, 9.17) is 9.15 Å². The molecule has 1 unspecified atom stereocenters. The molecule has 4 heteroatoms. The Labute approximate surface area is 174 Å². The van der Waals surface area contributed by atoms with Gasteiger partial charge < -0.3 is 14.3 Å². The zero-order chi connectivity index (χ0) is 21.2. The van der Waals surface area contributed by atoms with E-state index in [0.29, 0.717) is 5.76 Å². The molecule has 1 aromatic rings. The average molecular weight is 399 g/mol. The molecule has 4 nitrogen and oxygen atoms in total. The maximum atomic E-state index is 11.4. The van der Waals surface area contributed by atoms with Crippen molar-refractivity contribution < 1.29 is 19.1 Å². The van der Waals surface area contributed by atoms with E-state index >= 15 is 0 Å². The SMILES string of the molecule is CC1=C(O)/C(=C/C(C)CC/C=C(/C)CCC/C(C)=C/CCc2ccoc2)OC1=O. The van der Waals surface area contributed by atoms with Crippen LogP contribution in [0.15, 0.2) is 69.5 Å². The molecule has 1 aliphatic heterocycles. The number of furan rings is 1. The van der Waals surface area contributed by atoms with Gasteiger partial charge in [0.05, 0.1) is 18.1 Å². The molecule has 1 atom stereocenters. The second-order valence-electron chi connectivity index (χ2n) is 8.07. The van der Waals surface area contributed by atoms with Crippen LogP contribution < -0.4 is 0 Å². The molecule has 0 fully saturated rings.